The molecule has 1 aromatic heterocycles. The van der Waals surface area contributed by atoms with Gasteiger partial charge in [0, 0.05) is 10.7 Å². The molecule has 0 aliphatic carbocycles. The molecular weight excluding hydrogens is 206 g/mol. The van der Waals surface area contributed by atoms with E-state index in [1.807, 2.05) is 6.07 Å². The lowest BCUT2D eigenvalue weighted by Gasteiger charge is -1.93. The lowest BCUT2D eigenvalue weighted by atomic mass is 10.4. The van der Waals surface area contributed by atoms with Gasteiger partial charge in [0.05, 0.1) is 17.7 Å². The van der Waals surface area contributed by atoms with Gasteiger partial charge in [0.2, 0.25) is 0 Å². The minimum Gasteiger partial charge on any atom is -0.387 e. The quantitative estimate of drug-likeness (QED) is 0.572. The zero-order valence-electron chi connectivity index (χ0n) is 6.08. The van der Waals surface area contributed by atoms with Crippen LogP contribution in [0.4, 0.5) is 5.69 Å². The van der Waals surface area contributed by atoms with E-state index in [9.17, 15) is 0 Å². The smallest absolute Gasteiger partial charge is 0.0965 e. The van der Waals surface area contributed by atoms with Gasteiger partial charge in [0.1, 0.15) is 0 Å². The number of pyridine rings is 1. The molecule has 0 aliphatic heterocycles. The predicted octanol–water partition coefficient (Wildman–Crippen LogP) is 1.85. The van der Waals surface area contributed by atoms with E-state index in [0.717, 1.165) is 10.2 Å². The van der Waals surface area contributed by atoms with Crippen molar-refractivity contribution in [1.82, 2.24) is 4.98 Å². The Labute approximate surface area is 73.5 Å². The minimum atomic E-state index is 0.532. The van der Waals surface area contributed by atoms with Crippen LogP contribution in [-0.2, 0) is 0 Å². The lowest BCUT2D eigenvalue weighted by molar-refractivity contribution is 1.28. The number of aromatic nitrogens is 1. The third kappa shape index (κ3) is 2.67. The standard InChI is InChI=1S/C7H8BrN3/c1-5(9)11-7-2-6(8)3-10-4-7/h2-4H,1H3,(H2,9,11). The molecule has 4 heteroatoms. The second-order valence-corrected chi connectivity index (χ2v) is 3.03. The van der Waals surface area contributed by atoms with Crippen molar-refractivity contribution >= 4 is 27.5 Å². The van der Waals surface area contributed by atoms with Gasteiger partial charge < -0.3 is 5.73 Å². The molecule has 2 N–H and O–H groups in total. The van der Waals surface area contributed by atoms with Crippen LogP contribution in [0.25, 0.3) is 0 Å². The van der Waals surface area contributed by atoms with Crippen molar-refractivity contribution < 1.29 is 0 Å². The molecule has 3 nitrogen and oxygen atoms in total. The molecule has 0 amide bonds. The normalized spacial score (nSPS) is 11.6. The molecule has 1 rings (SSSR count). The average Bonchev–Trinajstić information content (AvgIpc) is 1.85. The molecule has 0 bridgehead atoms. The van der Waals surface area contributed by atoms with Gasteiger partial charge >= 0.3 is 0 Å². The molecule has 0 aromatic carbocycles. The molecule has 0 aliphatic rings. The molecule has 0 fully saturated rings. The van der Waals surface area contributed by atoms with Gasteiger partial charge in [-0.3, -0.25) is 4.98 Å². The Kier molecular flexibility index (Phi) is 2.59. The third-order valence-electron chi connectivity index (χ3n) is 0.996. The average molecular weight is 214 g/mol. The summed E-state index contributed by atoms with van der Waals surface area (Å²) in [7, 11) is 0. The lowest BCUT2D eigenvalue weighted by Crippen LogP contribution is -2.03. The van der Waals surface area contributed by atoms with Crippen molar-refractivity contribution in [1.29, 1.82) is 0 Å². The summed E-state index contributed by atoms with van der Waals surface area (Å²) >= 11 is 3.28. The first-order valence-electron chi connectivity index (χ1n) is 3.10. The highest BCUT2D eigenvalue weighted by atomic mass is 79.9. The van der Waals surface area contributed by atoms with Crippen LogP contribution >= 0.6 is 15.9 Å². The highest BCUT2D eigenvalue weighted by Crippen LogP contribution is 2.15. The maximum absolute atomic E-state index is 5.38. The van der Waals surface area contributed by atoms with Crippen LogP contribution in [0.3, 0.4) is 0 Å². The highest BCUT2D eigenvalue weighted by molar-refractivity contribution is 9.10. The van der Waals surface area contributed by atoms with Crippen LogP contribution in [0.15, 0.2) is 27.9 Å². The van der Waals surface area contributed by atoms with Crippen LogP contribution in [0.5, 0.6) is 0 Å². The third-order valence-corrected chi connectivity index (χ3v) is 1.43. The van der Waals surface area contributed by atoms with E-state index >= 15 is 0 Å². The Morgan fingerprint density at radius 1 is 1.64 bits per heavy atom. The van der Waals surface area contributed by atoms with Gasteiger partial charge in [0.25, 0.3) is 0 Å². The molecule has 0 atom stereocenters. The largest absolute Gasteiger partial charge is 0.387 e. The van der Waals surface area contributed by atoms with E-state index in [2.05, 4.69) is 25.9 Å². The number of hydrogen-bond donors (Lipinski definition) is 1. The first-order chi connectivity index (χ1) is 5.18. The second kappa shape index (κ2) is 3.48. The zero-order valence-corrected chi connectivity index (χ0v) is 7.67. The number of nitrogens with two attached hydrogens (primary N) is 1. The molecule has 0 spiro atoms. The van der Waals surface area contributed by atoms with E-state index in [1.165, 1.54) is 0 Å². The zero-order chi connectivity index (χ0) is 8.27. The molecule has 1 heterocycles. The number of nitrogens with zero attached hydrogens (tertiary/aromatic N) is 2. The Balaban J connectivity index is 2.97. The van der Waals surface area contributed by atoms with Crippen LogP contribution in [0, 0.1) is 0 Å². The summed E-state index contributed by atoms with van der Waals surface area (Å²) < 4.78 is 0.903. The SMILES string of the molecule is CC(N)=Nc1cncc(Br)c1. The van der Waals surface area contributed by atoms with Crippen LogP contribution in [-0.4, -0.2) is 10.8 Å². The predicted molar refractivity (Wildman–Crippen MR) is 48.9 cm³/mol. The van der Waals surface area contributed by atoms with E-state index in [-0.39, 0.29) is 0 Å². The first kappa shape index (κ1) is 8.20. The van der Waals surface area contributed by atoms with E-state index in [0.29, 0.717) is 5.84 Å². The maximum atomic E-state index is 5.38. The summed E-state index contributed by atoms with van der Waals surface area (Å²) in [5.74, 6) is 0.532. The molecule has 0 unspecified atom stereocenters. The summed E-state index contributed by atoms with van der Waals surface area (Å²) in [5, 5.41) is 0. The topological polar surface area (TPSA) is 51.3 Å². The van der Waals surface area contributed by atoms with Gasteiger partial charge in [0.15, 0.2) is 0 Å². The molecule has 0 radical (unpaired) electrons. The molecule has 0 saturated carbocycles. The van der Waals surface area contributed by atoms with Gasteiger partial charge in [-0.15, -0.1) is 0 Å². The van der Waals surface area contributed by atoms with Crippen LogP contribution in [0.1, 0.15) is 6.92 Å². The molecule has 11 heavy (non-hydrogen) atoms. The monoisotopic (exact) mass is 213 g/mol. The first-order valence-corrected chi connectivity index (χ1v) is 3.89. The van der Waals surface area contributed by atoms with Gasteiger partial charge in [-0.2, -0.15) is 0 Å². The van der Waals surface area contributed by atoms with Crippen molar-refractivity contribution in [3.8, 4) is 0 Å². The highest BCUT2D eigenvalue weighted by Gasteiger charge is 1.90. The Morgan fingerprint density at radius 3 is 2.91 bits per heavy atom. The summed E-state index contributed by atoms with van der Waals surface area (Å²) in [5.41, 5.74) is 6.14. The van der Waals surface area contributed by atoms with Gasteiger partial charge in [-0.25, -0.2) is 4.99 Å². The summed E-state index contributed by atoms with van der Waals surface area (Å²) in [6.07, 6.45) is 3.35. The molecule has 0 saturated heterocycles. The van der Waals surface area contributed by atoms with E-state index in [1.54, 1.807) is 19.3 Å². The number of aliphatic imine (C=N–C) groups is 1. The fourth-order valence-electron chi connectivity index (χ4n) is 0.665. The van der Waals surface area contributed by atoms with E-state index in [4.69, 9.17) is 5.73 Å². The van der Waals surface area contributed by atoms with Crippen LogP contribution < -0.4 is 5.73 Å². The Hall–Kier alpha value is -0.900. The van der Waals surface area contributed by atoms with Crippen LogP contribution in [0.2, 0.25) is 0 Å². The fraction of sp³-hybridized carbons (Fsp3) is 0.143. The number of halogens is 1. The summed E-state index contributed by atoms with van der Waals surface area (Å²) in [4.78, 5) is 7.95. The maximum Gasteiger partial charge on any atom is 0.0965 e. The van der Waals surface area contributed by atoms with Gasteiger partial charge in [-0.1, -0.05) is 0 Å². The Morgan fingerprint density at radius 2 is 2.36 bits per heavy atom. The summed E-state index contributed by atoms with van der Waals surface area (Å²) in [6, 6.07) is 1.85. The second-order valence-electron chi connectivity index (χ2n) is 2.11. The molecule has 1 aromatic rings. The van der Waals surface area contributed by atoms with Crippen molar-refractivity contribution in [3.63, 3.8) is 0 Å². The fourth-order valence-corrected chi connectivity index (χ4v) is 1.02. The summed E-state index contributed by atoms with van der Waals surface area (Å²) in [6.45, 7) is 1.74. The van der Waals surface area contributed by atoms with Crippen molar-refractivity contribution in [3.05, 3.63) is 22.9 Å². The molecule has 58 valence electrons. The number of amidine groups is 1. The van der Waals surface area contributed by atoms with E-state index < -0.39 is 0 Å². The molecular formula is C7H8BrN3. The van der Waals surface area contributed by atoms with Crippen molar-refractivity contribution in [2.45, 2.75) is 6.92 Å². The van der Waals surface area contributed by atoms with Crippen molar-refractivity contribution in [2.75, 3.05) is 0 Å². The van der Waals surface area contributed by atoms with Gasteiger partial charge in [-0.05, 0) is 28.9 Å². The van der Waals surface area contributed by atoms with Crippen molar-refractivity contribution in [2.24, 2.45) is 10.7 Å². The minimum absolute atomic E-state index is 0.532. The number of rotatable bonds is 1. The number of hydrogen-bond acceptors (Lipinski definition) is 2. The Bertz CT molecular complexity index is 279.